The van der Waals surface area contributed by atoms with Gasteiger partial charge in [-0.2, -0.15) is 13.2 Å². The van der Waals surface area contributed by atoms with Crippen molar-refractivity contribution in [2.45, 2.75) is 59.5 Å². The maximum Gasteiger partial charge on any atom is 0.485 e. The largest absolute Gasteiger partial charge is 0.741 e. The number of halogens is 3. The van der Waals surface area contributed by atoms with Gasteiger partial charge in [0.15, 0.2) is 19.9 Å². The minimum absolute atomic E-state index is 0.0662. The van der Waals surface area contributed by atoms with E-state index in [1.54, 1.807) is 6.20 Å². The molecule has 0 aliphatic heterocycles. The lowest BCUT2D eigenvalue weighted by atomic mass is 9.74. The van der Waals surface area contributed by atoms with Crippen molar-refractivity contribution in [2.24, 2.45) is 11.8 Å². The van der Waals surface area contributed by atoms with Crippen LogP contribution in [0.1, 0.15) is 33.6 Å². The first-order valence-electron chi connectivity index (χ1n) is 12.3. The fourth-order valence-corrected chi connectivity index (χ4v) is 5.70. The van der Waals surface area contributed by atoms with Gasteiger partial charge < -0.3 is 14.0 Å². The van der Waals surface area contributed by atoms with E-state index >= 15 is 0 Å². The summed E-state index contributed by atoms with van der Waals surface area (Å²) in [4.78, 5) is 19.6. The maximum atomic E-state index is 12.4. The van der Waals surface area contributed by atoms with Crippen molar-refractivity contribution in [1.82, 2.24) is 4.98 Å². The predicted octanol–water partition coefficient (Wildman–Crippen LogP) is 5.98. The van der Waals surface area contributed by atoms with Crippen molar-refractivity contribution >= 4 is 27.0 Å². The smallest absolute Gasteiger partial charge is 0.485 e. The zero-order valence-electron chi connectivity index (χ0n) is 22.1. The molecule has 0 radical (unpaired) electrons. The highest BCUT2D eigenvalue weighted by Gasteiger charge is 2.40. The molecule has 3 aromatic rings. The Bertz CT molecular complexity index is 1310. The van der Waals surface area contributed by atoms with Crippen LogP contribution in [0.5, 0.6) is 5.75 Å². The van der Waals surface area contributed by atoms with Gasteiger partial charge in [-0.15, -0.1) is 0 Å². The summed E-state index contributed by atoms with van der Waals surface area (Å²) in [7, 11) is -6.37. The Balaban J connectivity index is 0.000000482. The predicted molar refractivity (Wildman–Crippen MR) is 143 cm³/mol. The average Bonchev–Trinajstić information content (AvgIpc) is 2.84. The summed E-state index contributed by atoms with van der Waals surface area (Å²) < 4.78 is 70.4. The number of aromatic nitrogens is 1. The first-order valence-corrected chi connectivity index (χ1v) is 15.0. The summed E-state index contributed by atoms with van der Waals surface area (Å²) in [5.74, 6) is 0.755. The number of carbonyl (C=O) groups excluding carboxylic acids is 1. The molecule has 1 heterocycles. The second kappa shape index (κ2) is 13.0. The van der Waals surface area contributed by atoms with Crippen molar-refractivity contribution in [2.75, 3.05) is 6.61 Å². The number of hydrogen-bond donors (Lipinski definition) is 0. The second-order valence-corrected chi connectivity index (χ2v) is 13.3. The third kappa shape index (κ3) is 8.97. The molecule has 7 nitrogen and oxygen atoms in total. The first kappa shape index (κ1) is 31.4. The summed E-state index contributed by atoms with van der Waals surface area (Å²) in [6, 6.07) is 24.9. The van der Waals surface area contributed by atoms with Crippen LogP contribution in [0, 0.1) is 11.8 Å². The van der Waals surface area contributed by atoms with Gasteiger partial charge in [0, 0.05) is 12.0 Å². The number of alkyl halides is 3. The van der Waals surface area contributed by atoms with Gasteiger partial charge in [-0.25, -0.2) is 13.4 Å². The molecule has 0 bridgehead atoms. The molecule has 12 heteroatoms. The third-order valence-corrected chi connectivity index (χ3v) is 8.46. The molecule has 0 N–H and O–H groups in total. The van der Waals surface area contributed by atoms with Crippen LogP contribution in [0.25, 0.3) is 0 Å². The van der Waals surface area contributed by atoms with E-state index in [2.05, 4.69) is 48.5 Å². The highest BCUT2D eigenvalue weighted by atomic mass is 32.2. The Kier molecular flexibility index (Phi) is 10.3. The highest BCUT2D eigenvalue weighted by molar-refractivity contribution is 7.97. The lowest BCUT2D eigenvalue weighted by Gasteiger charge is -2.36. The van der Waals surface area contributed by atoms with E-state index in [0.29, 0.717) is 6.61 Å². The Morgan fingerprint density at radius 3 is 1.85 bits per heavy atom. The van der Waals surface area contributed by atoms with Crippen LogP contribution in [0.2, 0.25) is 0 Å². The maximum absolute atomic E-state index is 12.4. The van der Waals surface area contributed by atoms with E-state index in [1.807, 2.05) is 45.0 Å². The van der Waals surface area contributed by atoms with Crippen LogP contribution in [0.15, 0.2) is 93.8 Å². The average molecular weight is 598 g/mol. The number of benzene rings is 2. The quantitative estimate of drug-likeness (QED) is 0.143. The van der Waals surface area contributed by atoms with Crippen LogP contribution in [-0.2, 0) is 30.5 Å². The first-order chi connectivity index (χ1) is 18.7. The molecular formula is C28H30F3NO6S2. The fraction of sp³-hybridized carbons (Fsp3) is 0.357. The lowest BCUT2D eigenvalue weighted by Crippen LogP contribution is -2.40. The molecule has 0 spiro atoms. The van der Waals surface area contributed by atoms with Gasteiger partial charge in [0.1, 0.15) is 22.2 Å². The normalized spacial score (nSPS) is 17.3. The second-order valence-electron chi connectivity index (χ2n) is 9.95. The number of ether oxygens (including phenoxy) is 2. The molecule has 2 aromatic carbocycles. The number of hydrogen-bond acceptors (Lipinski definition) is 7. The molecule has 216 valence electrons. The van der Waals surface area contributed by atoms with Gasteiger partial charge in [-0.1, -0.05) is 36.4 Å². The van der Waals surface area contributed by atoms with Crippen LogP contribution in [-0.4, -0.2) is 41.6 Å². The Morgan fingerprint density at radius 1 is 0.950 bits per heavy atom. The SMILES string of the molecule is CC(C)(C)OC(=O)C1CC[C@H]1COc1ccc([S+](c2ccccc2)c2ccccc2)nc1.O=S(=O)([O-])C(F)(F)F. The molecule has 2 atom stereocenters. The molecular weight excluding hydrogens is 567 g/mol. The van der Waals surface area contributed by atoms with Gasteiger partial charge in [0.05, 0.1) is 18.7 Å². The molecule has 1 aliphatic rings. The number of rotatable bonds is 7. The van der Waals surface area contributed by atoms with Gasteiger partial charge >= 0.3 is 11.5 Å². The van der Waals surface area contributed by atoms with E-state index in [-0.39, 0.29) is 28.7 Å². The highest BCUT2D eigenvalue weighted by Crippen LogP contribution is 2.37. The molecule has 0 amide bonds. The van der Waals surface area contributed by atoms with E-state index in [1.165, 1.54) is 9.79 Å². The number of esters is 1. The number of pyridine rings is 1. The summed E-state index contributed by atoms with van der Waals surface area (Å²) in [5, 5.41) is 1.00. The Labute approximate surface area is 234 Å². The van der Waals surface area contributed by atoms with E-state index in [4.69, 9.17) is 27.4 Å². The third-order valence-electron chi connectivity index (χ3n) is 5.75. The monoisotopic (exact) mass is 597 g/mol. The minimum atomic E-state index is -6.09. The van der Waals surface area contributed by atoms with Gasteiger partial charge in [0.2, 0.25) is 0 Å². The molecule has 1 aliphatic carbocycles. The minimum Gasteiger partial charge on any atom is -0.741 e. The van der Waals surface area contributed by atoms with E-state index < -0.39 is 21.2 Å². The molecule has 40 heavy (non-hydrogen) atoms. The van der Waals surface area contributed by atoms with Crippen LogP contribution < -0.4 is 4.74 Å². The van der Waals surface area contributed by atoms with Crippen LogP contribution >= 0.6 is 0 Å². The number of carbonyl (C=O) groups is 1. The Morgan fingerprint density at radius 2 is 1.48 bits per heavy atom. The van der Waals surface area contributed by atoms with Gasteiger partial charge in [-0.3, -0.25) is 4.79 Å². The van der Waals surface area contributed by atoms with Gasteiger partial charge in [-0.05, 0) is 63.9 Å². The van der Waals surface area contributed by atoms with Crippen LogP contribution in [0.3, 0.4) is 0 Å². The molecule has 1 aromatic heterocycles. The van der Waals surface area contributed by atoms with E-state index in [9.17, 15) is 18.0 Å². The standard InChI is InChI=1S/C27H30NO3S.CHF3O3S/c1-27(2,3)31-26(29)24-16-14-20(24)19-30-21-15-17-25(28-18-21)32(22-10-6-4-7-11-22)23-12-8-5-9-13-23;2-1(3,4)8(5,6)7/h4-13,15,17-18,20,24H,14,16,19H2,1-3H3;(H,5,6,7)/q+1;/p-1/t20-,24?;/m0./s1. The lowest BCUT2D eigenvalue weighted by molar-refractivity contribution is -0.167. The molecule has 4 rings (SSSR count). The topological polar surface area (TPSA) is 106 Å². The van der Waals surface area contributed by atoms with Gasteiger partial charge in [0.25, 0.3) is 5.03 Å². The zero-order valence-corrected chi connectivity index (χ0v) is 23.8. The Hall–Kier alpha value is -3.09. The van der Waals surface area contributed by atoms with Crippen molar-refractivity contribution in [3.63, 3.8) is 0 Å². The molecule has 0 saturated heterocycles. The molecule has 1 saturated carbocycles. The molecule has 1 fully saturated rings. The van der Waals surface area contributed by atoms with Crippen LogP contribution in [0.4, 0.5) is 13.2 Å². The number of nitrogens with zero attached hydrogens (tertiary/aromatic N) is 1. The zero-order chi connectivity index (χ0) is 29.6. The fourth-order valence-electron chi connectivity index (χ4n) is 3.72. The summed E-state index contributed by atoms with van der Waals surface area (Å²) in [6.07, 6.45) is 3.65. The van der Waals surface area contributed by atoms with Crippen molar-refractivity contribution < 1.29 is 40.4 Å². The summed E-state index contributed by atoms with van der Waals surface area (Å²) >= 11 is 0. The van der Waals surface area contributed by atoms with Crippen molar-refractivity contribution in [3.05, 3.63) is 79.0 Å². The summed E-state index contributed by atoms with van der Waals surface area (Å²) in [6.45, 7) is 6.22. The summed E-state index contributed by atoms with van der Waals surface area (Å²) in [5.41, 5.74) is -6.10. The van der Waals surface area contributed by atoms with Crippen molar-refractivity contribution in [1.29, 1.82) is 0 Å². The molecule has 1 unspecified atom stereocenters. The van der Waals surface area contributed by atoms with Crippen molar-refractivity contribution in [3.8, 4) is 5.75 Å². The van der Waals surface area contributed by atoms with E-state index in [0.717, 1.165) is 23.6 Å².